The molecule has 0 bridgehead atoms. The van der Waals surface area contributed by atoms with E-state index in [0.717, 1.165) is 19.5 Å². The average molecular weight is 196 g/mol. The Kier molecular flexibility index (Phi) is 2.52. The maximum atomic E-state index is 11.7. The Bertz CT molecular complexity index is 241. The van der Waals surface area contributed by atoms with Gasteiger partial charge in [-0.25, -0.2) is 0 Å². The highest BCUT2D eigenvalue weighted by molar-refractivity contribution is 5.76. The molecule has 1 saturated heterocycles. The topological polar surface area (TPSA) is 46.3 Å². The lowest BCUT2D eigenvalue weighted by molar-refractivity contribution is -0.132. The molecule has 0 aromatic carbocycles. The molecular formula is C11H20N2O. The smallest absolute Gasteiger partial charge is 0.222 e. The fourth-order valence-electron chi connectivity index (χ4n) is 3.24. The number of nitrogens with zero attached hydrogens (tertiary/aromatic N) is 1. The molecule has 2 rings (SSSR count). The maximum absolute atomic E-state index is 11.7. The molecule has 80 valence electrons. The molecular weight excluding hydrogens is 176 g/mol. The van der Waals surface area contributed by atoms with E-state index in [1.165, 1.54) is 19.3 Å². The van der Waals surface area contributed by atoms with Crippen LogP contribution in [0.5, 0.6) is 0 Å². The summed E-state index contributed by atoms with van der Waals surface area (Å²) in [5, 5.41) is 0. The summed E-state index contributed by atoms with van der Waals surface area (Å²) >= 11 is 0. The first-order chi connectivity index (χ1) is 6.73. The van der Waals surface area contributed by atoms with Gasteiger partial charge in [0.15, 0.2) is 0 Å². The normalized spacial score (nSPS) is 36.1. The van der Waals surface area contributed by atoms with E-state index < -0.39 is 0 Å². The third kappa shape index (κ3) is 1.26. The van der Waals surface area contributed by atoms with Gasteiger partial charge in [0.1, 0.15) is 0 Å². The molecule has 3 heteroatoms. The molecule has 14 heavy (non-hydrogen) atoms. The van der Waals surface area contributed by atoms with Crippen LogP contribution in [0.1, 0.15) is 39.0 Å². The quantitative estimate of drug-likeness (QED) is 0.719. The largest absolute Gasteiger partial charge is 0.339 e. The van der Waals surface area contributed by atoms with Gasteiger partial charge in [0.2, 0.25) is 5.91 Å². The van der Waals surface area contributed by atoms with Gasteiger partial charge >= 0.3 is 0 Å². The van der Waals surface area contributed by atoms with Crippen LogP contribution in [0.15, 0.2) is 0 Å². The van der Waals surface area contributed by atoms with Gasteiger partial charge in [0, 0.05) is 24.4 Å². The summed E-state index contributed by atoms with van der Waals surface area (Å²) < 4.78 is 0. The minimum Gasteiger partial charge on any atom is -0.339 e. The van der Waals surface area contributed by atoms with Gasteiger partial charge in [0.05, 0.1) is 0 Å². The van der Waals surface area contributed by atoms with Crippen LogP contribution in [0.25, 0.3) is 0 Å². The molecule has 1 amide bonds. The second-order valence-electron chi connectivity index (χ2n) is 4.67. The highest BCUT2D eigenvalue weighted by atomic mass is 16.2. The Balaban J connectivity index is 2.15. The van der Waals surface area contributed by atoms with E-state index >= 15 is 0 Å². The van der Waals surface area contributed by atoms with E-state index in [1.807, 2.05) is 6.92 Å². The molecule has 0 unspecified atom stereocenters. The monoisotopic (exact) mass is 196 g/mol. The fraction of sp³-hybridized carbons (Fsp3) is 0.909. The zero-order valence-corrected chi connectivity index (χ0v) is 8.96. The molecule has 1 heterocycles. The second kappa shape index (κ2) is 3.54. The molecule has 3 nitrogen and oxygen atoms in total. The van der Waals surface area contributed by atoms with Crippen molar-refractivity contribution in [2.24, 2.45) is 11.1 Å². The Labute approximate surface area is 85.6 Å². The molecule has 1 aliphatic heterocycles. The number of likely N-dealkylation sites (tertiary alicyclic amines) is 1. The van der Waals surface area contributed by atoms with Crippen molar-refractivity contribution in [2.75, 3.05) is 13.1 Å². The van der Waals surface area contributed by atoms with Crippen molar-refractivity contribution in [2.45, 2.75) is 45.1 Å². The number of amides is 1. The summed E-state index contributed by atoms with van der Waals surface area (Å²) in [4.78, 5) is 13.8. The molecule has 1 saturated carbocycles. The zero-order chi connectivity index (χ0) is 10.2. The van der Waals surface area contributed by atoms with Crippen molar-refractivity contribution in [1.29, 1.82) is 0 Å². The first-order valence-electron chi connectivity index (χ1n) is 5.73. The van der Waals surface area contributed by atoms with Crippen molar-refractivity contribution in [1.82, 2.24) is 4.90 Å². The van der Waals surface area contributed by atoms with Crippen molar-refractivity contribution >= 4 is 5.91 Å². The Morgan fingerprint density at radius 1 is 1.57 bits per heavy atom. The Hall–Kier alpha value is -0.570. The summed E-state index contributed by atoms with van der Waals surface area (Å²) in [5.74, 6) is 0.312. The van der Waals surface area contributed by atoms with Crippen LogP contribution in [0.4, 0.5) is 0 Å². The van der Waals surface area contributed by atoms with Gasteiger partial charge in [-0.2, -0.15) is 0 Å². The lowest BCUT2D eigenvalue weighted by Crippen LogP contribution is -2.42. The third-order valence-electron chi connectivity index (χ3n) is 4.12. The first-order valence-corrected chi connectivity index (χ1v) is 5.73. The van der Waals surface area contributed by atoms with Crippen LogP contribution in [0.3, 0.4) is 0 Å². The molecule has 0 aromatic rings. The Morgan fingerprint density at radius 3 is 3.00 bits per heavy atom. The minimum absolute atomic E-state index is 0.283. The van der Waals surface area contributed by atoms with E-state index in [0.29, 0.717) is 18.4 Å². The average Bonchev–Trinajstić information content (AvgIpc) is 2.74. The fourth-order valence-corrected chi connectivity index (χ4v) is 3.24. The summed E-state index contributed by atoms with van der Waals surface area (Å²) in [6.07, 6.45) is 5.40. The standard InChI is InChI=1S/C11H20N2O/c1-2-10(14)13-7-6-11(8-12)5-3-4-9(11)13/h9H,2-8,12H2,1H3/t9-,11-/m0/s1. The van der Waals surface area contributed by atoms with E-state index in [-0.39, 0.29) is 5.41 Å². The van der Waals surface area contributed by atoms with Gasteiger partial charge < -0.3 is 10.6 Å². The molecule has 2 N–H and O–H groups in total. The van der Waals surface area contributed by atoms with Crippen molar-refractivity contribution in [3.05, 3.63) is 0 Å². The number of hydrogen-bond donors (Lipinski definition) is 1. The Morgan fingerprint density at radius 2 is 2.36 bits per heavy atom. The second-order valence-corrected chi connectivity index (χ2v) is 4.67. The van der Waals surface area contributed by atoms with Crippen LogP contribution >= 0.6 is 0 Å². The molecule has 0 spiro atoms. The van der Waals surface area contributed by atoms with Gasteiger partial charge in [-0.05, 0) is 25.8 Å². The lowest BCUT2D eigenvalue weighted by atomic mass is 9.82. The SMILES string of the molecule is CCC(=O)N1CC[C@]2(CN)CCC[C@H]12. The predicted octanol–water partition coefficient (Wildman–Crippen LogP) is 1.13. The van der Waals surface area contributed by atoms with Crippen LogP contribution in [0.2, 0.25) is 0 Å². The number of rotatable bonds is 2. The third-order valence-corrected chi connectivity index (χ3v) is 4.12. The zero-order valence-electron chi connectivity index (χ0n) is 8.96. The van der Waals surface area contributed by atoms with E-state index in [2.05, 4.69) is 4.90 Å². The van der Waals surface area contributed by atoms with Gasteiger partial charge in [-0.15, -0.1) is 0 Å². The number of nitrogens with two attached hydrogens (primary N) is 1. The van der Waals surface area contributed by atoms with Gasteiger partial charge in [-0.1, -0.05) is 13.3 Å². The van der Waals surface area contributed by atoms with Gasteiger partial charge in [-0.3, -0.25) is 4.79 Å². The first kappa shape index (κ1) is 9.97. The van der Waals surface area contributed by atoms with Crippen molar-refractivity contribution in [3.63, 3.8) is 0 Å². The van der Waals surface area contributed by atoms with Crippen LogP contribution in [0, 0.1) is 5.41 Å². The highest BCUT2D eigenvalue weighted by Gasteiger charge is 2.50. The molecule has 2 atom stereocenters. The van der Waals surface area contributed by atoms with Crippen LogP contribution in [-0.4, -0.2) is 29.9 Å². The van der Waals surface area contributed by atoms with E-state index in [4.69, 9.17) is 5.73 Å². The van der Waals surface area contributed by atoms with Crippen molar-refractivity contribution < 1.29 is 4.79 Å². The molecule has 0 radical (unpaired) electrons. The summed E-state index contributed by atoms with van der Waals surface area (Å²) in [6, 6.07) is 0.458. The van der Waals surface area contributed by atoms with Gasteiger partial charge in [0.25, 0.3) is 0 Å². The number of hydrogen-bond acceptors (Lipinski definition) is 2. The highest BCUT2D eigenvalue weighted by Crippen LogP contribution is 2.48. The molecule has 2 aliphatic rings. The summed E-state index contributed by atoms with van der Waals surface area (Å²) in [6.45, 7) is 3.64. The minimum atomic E-state index is 0.283. The lowest BCUT2D eigenvalue weighted by Gasteiger charge is -2.31. The number of carbonyl (C=O) groups is 1. The van der Waals surface area contributed by atoms with Crippen LogP contribution in [-0.2, 0) is 4.79 Å². The maximum Gasteiger partial charge on any atom is 0.222 e. The summed E-state index contributed by atoms with van der Waals surface area (Å²) in [7, 11) is 0. The molecule has 1 aliphatic carbocycles. The van der Waals surface area contributed by atoms with Crippen molar-refractivity contribution in [3.8, 4) is 0 Å². The van der Waals surface area contributed by atoms with E-state index in [1.54, 1.807) is 0 Å². The molecule has 2 fully saturated rings. The van der Waals surface area contributed by atoms with E-state index in [9.17, 15) is 4.79 Å². The molecule has 0 aromatic heterocycles. The summed E-state index contributed by atoms with van der Waals surface area (Å²) in [5.41, 5.74) is 6.16. The number of fused-ring (bicyclic) bond motifs is 1. The predicted molar refractivity (Wildman–Crippen MR) is 55.7 cm³/mol. The number of carbonyl (C=O) groups excluding carboxylic acids is 1. The van der Waals surface area contributed by atoms with Crippen LogP contribution < -0.4 is 5.73 Å².